The molecule has 0 unspecified atom stereocenters. The SMILES string of the molecule is Nc1c(-c2cc(Cc3ccnc(Oc4ccccc4)c3)no2)ccc[n+]1COP(=O)(O)O. The monoisotopic (exact) mass is 455 g/mol. The van der Waals surface area contributed by atoms with Crippen molar-refractivity contribution in [2.24, 2.45) is 0 Å². The van der Waals surface area contributed by atoms with Crippen LogP contribution in [0.15, 0.2) is 77.6 Å². The summed E-state index contributed by atoms with van der Waals surface area (Å²) in [4.78, 5) is 22.0. The van der Waals surface area contributed by atoms with Crippen LogP contribution in [0.5, 0.6) is 11.6 Å². The van der Waals surface area contributed by atoms with Crippen molar-refractivity contribution in [2.75, 3.05) is 5.73 Å². The molecule has 1 aromatic carbocycles. The second-order valence-electron chi connectivity index (χ2n) is 6.80. The minimum atomic E-state index is -4.63. The maximum atomic E-state index is 11.0. The van der Waals surface area contributed by atoms with E-state index in [4.69, 9.17) is 24.8 Å². The molecule has 11 heteroatoms. The van der Waals surface area contributed by atoms with E-state index in [1.54, 1.807) is 24.4 Å². The zero-order valence-corrected chi connectivity index (χ0v) is 17.6. The second-order valence-corrected chi connectivity index (χ2v) is 8.04. The first kappa shape index (κ1) is 21.7. The Morgan fingerprint density at radius 1 is 1.09 bits per heavy atom. The molecular weight excluding hydrogens is 435 g/mol. The van der Waals surface area contributed by atoms with E-state index in [0.717, 1.165) is 5.56 Å². The van der Waals surface area contributed by atoms with Gasteiger partial charge in [-0.25, -0.2) is 18.6 Å². The molecule has 3 aromatic heterocycles. The van der Waals surface area contributed by atoms with Crippen LogP contribution in [-0.4, -0.2) is 19.9 Å². The summed E-state index contributed by atoms with van der Waals surface area (Å²) in [5.41, 5.74) is 8.23. The van der Waals surface area contributed by atoms with Crippen molar-refractivity contribution in [1.29, 1.82) is 0 Å². The summed E-state index contributed by atoms with van der Waals surface area (Å²) < 4.78 is 28.0. The molecule has 0 saturated heterocycles. The van der Waals surface area contributed by atoms with Gasteiger partial charge in [0.1, 0.15) is 11.3 Å². The Kier molecular flexibility index (Phi) is 6.29. The summed E-state index contributed by atoms with van der Waals surface area (Å²) in [6.45, 7) is -0.411. The van der Waals surface area contributed by atoms with Crippen LogP contribution in [0.3, 0.4) is 0 Å². The number of hydrogen-bond donors (Lipinski definition) is 3. The number of ether oxygens (including phenoxy) is 1. The van der Waals surface area contributed by atoms with Crippen molar-refractivity contribution in [3.05, 3.63) is 84.3 Å². The predicted molar refractivity (Wildman–Crippen MR) is 113 cm³/mol. The molecule has 0 fully saturated rings. The first-order valence-electron chi connectivity index (χ1n) is 9.49. The molecule has 164 valence electrons. The fourth-order valence-corrected chi connectivity index (χ4v) is 3.25. The highest BCUT2D eigenvalue weighted by atomic mass is 31.2. The zero-order chi connectivity index (χ0) is 22.6. The average molecular weight is 455 g/mol. The molecule has 3 heterocycles. The average Bonchev–Trinajstić information content (AvgIpc) is 3.21. The van der Waals surface area contributed by atoms with Crippen LogP contribution in [0.2, 0.25) is 0 Å². The number of anilines is 1. The van der Waals surface area contributed by atoms with Gasteiger partial charge in [0.05, 0.1) is 11.9 Å². The van der Waals surface area contributed by atoms with E-state index in [1.165, 1.54) is 10.8 Å². The number of pyridine rings is 2. The van der Waals surface area contributed by atoms with E-state index in [0.29, 0.717) is 35.1 Å². The number of aromatic nitrogens is 3. The lowest BCUT2D eigenvalue weighted by molar-refractivity contribution is -0.711. The second kappa shape index (κ2) is 9.29. The summed E-state index contributed by atoms with van der Waals surface area (Å²) in [5.74, 6) is 1.79. The van der Waals surface area contributed by atoms with Crippen LogP contribution in [0.1, 0.15) is 11.3 Å². The van der Waals surface area contributed by atoms with Gasteiger partial charge < -0.3 is 19.0 Å². The van der Waals surface area contributed by atoms with Crippen molar-refractivity contribution in [2.45, 2.75) is 13.2 Å². The van der Waals surface area contributed by atoms with Crippen LogP contribution in [0.4, 0.5) is 5.82 Å². The molecule has 0 saturated carbocycles. The Morgan fingerprint density at radius 3 is 2.69 bits per heavy atom. The van der Waals surface area contributed by atoms with Gasteiger partial charge in [0.2, 0.25) is 12.6 Å². The Hall–Kier alpha value is -3.56. The van der Waals surface area contributed by atoms with Crippen LogP contribution >= 0.6 is 7.82 Å². The molecule has 0 aliphatic carbocycles. The maximum absolute atomic E-state index is 11.0. The van der Waals surface area contributed by atoms with Gasteiger partial charge in [-0.05, 0) is 35.9 Å². The number of nitrogen functional groups attached to an aromatic ring is 1. The van der Waals surface area contributed by atoms with E-state index >= 15 is 0 Å². The molecular formula is C21H20N4O6P+. The normalized spacial score (nSPS) is 11.4. The molecule has 0 aliphatic rings. The third-order valence-electron chi connectivity index (χ3n) is 4.45. The van der Waals surface area contributed by atoms with Gasteiger partial charge in [-0.3, -0.25) is 5.73 Å². The number of benzene rings is 1. The van der Waals surface area contributed by atoms with Crippen molar-refractivity contribution in [3.63, 3.8) is 0 Å². The van der Waals surface area contributed by atoms with E-state index in [-0.39, 0.29) is 5.82 Å². The Balaban J connectivity index is 1.49. The van der Waals surface area contributed by atoms with E-state index in [9.17, 15) is 4.57 Å². The minimum absolute atomic E-state index is 0.214. The minimum Gasteiger partial charge on any atom is -0.439 e. The van der Waals surface area contributed by atoms with Gasteiger partial charge in [-0.2, -0.15) is 0 Å². The summed E-state index contributed by atoms with van der Waals surface area (Å²) >= 11 is 0. The lowest BCUT2D eigenvalue weighted by Crippen LogP contribution is -2.38. The number of para-hydroxylation sites is 1. The van der Waals surface area contributed by atoms with Gasteiger partial charge in [-0.1, -0.05) is 23.4 Å². The van der Waals surface area contributed by atoms with Crippen LogP contribution in [0, 0.1) is 0 Å². The van der Waals surface area contributed by atoms with Crippen LogP contribution in [-0.2, 0) is 22.2 Å². The number of hydrogen-bond acceptors (Lipinski definition) is 7. The van der Waals surface area contributed by atoms with Gasteiger partial charge in [0, 0.05) is 24.8 Å². The van der Waals surface area contributed by atoms with E-state index in [2.05, 4.69) is 14.7 Å². The lowest BCUT2D eigenvalue weighted by atomic mass is 10.1. The molecule has 0 bridgehead atoms. The molecule has 4 rings (SSSR count). The summed E-state index contributed by atoms with van der Waals surface area (Å²) in [7, 11) is -4.63. The van der Waals surface area contributed by atoms with E-state index in [1.807, 2.05) is 42.5 Å². The molecule has 0 aliphatic heterocycles. The summed E-state index contributed by atoms with van der Waals surface area (Å²) in [6.07, 6.45) is 3.68. The molecule has 4 N–H and O–H groups in total. The molecule has 0 radical (unpaired) electrons. The quantitative estimate of drug-likeness (QED) is 0.270. The van der Waals surface area contributed by atoms with Gasteiger partial charge in [-0.15, -0.1) is 0 Å². The van der Waals surface area contributed by atoms with Crippen molar-refractivity contribution >= 4 is 13.6 Å². The van der Waals surface area contributed by atoms with Gasteiger partial charge in [0.15, 0.2) is 5.76 Å². The van der Waals surface area contributed by atoms with Gasteiger partial charge in [0.25, 0.3) is 5.82 Å². The summed E-state index contributed by atoms with van der Waals surface area (Å²) in [5, 5.41) is 4.10. The molecule has 10 nitrogen and oxygen atoms in total. The Labute approximate surface area is 183 Å². The predicted octanol–water partition coefficient (Wildman–Crippen LogP) is 3.06. The smallest absolute Gasteiger partial charge is 0.439 e. The standard InChI is InChI=1S/C21H19N4O6P/c22-21-18(7-4-10-25(21)14-29-32(26,27)28)19-13-16(24-31-19)11-15-8-9-23-20(12-15)30-17-5-2-1-3-6-17/h1-10,12-13,22H,11,14H2,(H2,26,27,28)/p+1. The summed E-state index contributed by atoms with van der Waals surface area (Å²) in [6, 6.07) is 18.2. The molecule has 4 aromatic rings. The fourth-order valence-electron chi connectivity index (χ4n) is 2.98. The number of phosphoric ester groups is 1. The largest absolute Gasteiger partial charge is 0.472 e. The number of nitrogens with two attached hydrogens (primary N) is 1. The first-order valence-corrected chi connectivity index (χ1v) is 11.0. The highest BCUT2D eigenvalue weighted by Gasteiger charge is 2.20. The number of phosphoric acid groups is 1. The van der Waals surface area contributed by atoms with Crippen LogP contribution in [0.25, 0.3) is 11.3 Å². The Morgan fingerprint density at radius 2 is 1.91 bits per heavy atom. The van der Waals surface area contributed by atoms with Crippen molar-refractivity contribution in [1.82, 2.24) is 10.1 Å². The number of nitrogens with zero attached hydrogens (tertiary/aromatic N) is 3. The zero-order valence-electron chi connectivity index (χ0n) is 16.7. The first-order chi connectivity index (χ1) is 15.4. The van der Waals surface area contributed by atoms with E-state index < -0.39 is 14.6 Å². The number of rotatable bonds is 8. The lowest BCUT2D eigenvalue weighted by Gasteiger charge is -2.07. The van der Waals surface area contributed by atoms with Crippen LogP contribution < -0.4 is 15.0 Å². The third kappa shape index (κ3) is 5.57. The molecule has 32 heavy (non-hydrogen) atoms. The molecule has 0 amide bonds. The molecule has 0 atom stereocenters. The Bertz CT molecular complexity index is 1260. The van der Waals surface area contributed by atoms with Gasteiger partial charge >= 0.3 is 7.82 Å². The maximum Gasteiger partial charge on any atom is 0.472 e. The topological polar surface area (TPSA) is 145 Å². The highest BCUT2D eigenvalue weighted by Crippen LogP contribution is 2.35. The third-order valence-corrected chi connectivity index (χ3v) is 4.91. The highest BCUT2D eigenvalue weighted by molar-refractivity contribution is 7.46. The van der Waals surface area contributed by atoms with Crippen molar-refractivity contribution < 1.29 is 32.7 Å². The van der Waals surface area contributed by atoms with Crippen molar-refractivity contribution in [3.8, 4) is 23.0 Å². The fraction of sp³-hybridized carbons (Fsp3) is 0.0952. The molecule has 0 spiro atoms.